The first-order chi connectivity index (χ1) is 9.08. The smallest absolute Gasteiger partial charge is 0.211 e. The largest absolute Gasteiger partial charge is 0.240 e. The van der Waals surface area contributed by atoms with Crippen molar-refractivity contribution in [2.45, 2.75) is 18.2 Å². The van der Waals surface area contributed by atoms with Gasteiger partial charge in [0.05, 0.1) is 4.90 Å². The van der Waals surface area contributed by atoms with E-state index < -0.39 is 10.0 Å². The summed E-state index contributed by atoms with van der Waals surface area (Å²) in [6, 6.07) is 16.5. The molecule has 0 aliphatic carbocycles. The number of rotatable bonds is 5. The zero-order valence-corrected chi connectivity index (χ0v) is 11.7. The number of aryl methyl sites for hydroxylation is 1. The lowest BCUT2D eigenvalue weighted by molar-refractivity contribution is 0.581. The molecule has 0 atom stereocenters. The minimum absolute atomic E-state index is 0.305. The van der Waals surface area contributed by atoms with E-state index in [-0.39, 0.29) is 0 Å². The van der Waals surface area contributed by atoms with Gasteiger partial charge in [-0.25, -0.2) is 13.1 Å². The Morgan fingerprint density at radius 3 is 2.42 bits per heavy atom. The highest BCUT2D eigenvalue weighted by atomic mass is 32.2. The minimum atomic E-state index is -3.39. The molecule has 0 radical (unpaired) electrons. The number of nitrogens with one attached hydrogen (secondary N) is 1. The molecule has 0 bridgehead atoms. The summed E-state index contributed by atoms with van der Waals surface area (Å²) < 4.78 is 26.6. The Labute approximate surface area is 114 Å². The van der Waals surface area contributed by atoms with E-state index in [9.17, 15) is 8.42 Å². The zero-order valence-electron chi connectivity index (χ0n) is 10.8. The van der Waals surface area contributed by atoms with E-state index in [4.69, 9.17) is 0 Å². The van der Waals surface area contributed by atoms with E-state index in [1.54, 1.807) is 30.3 Å². The zero-order chi connectivity index (χ0) is 13.7. The molecule has 0 spiro atoms. The monoisotopic (exact) mass is 275 g/mol. The highest BCUT2D eigenvalue weighted by Gasteiger charge is 2.11. The van der Waals surface area contributed by atoms with Gasteiger partial charge in [0.15, 0.2) is 0 Å². The van der Waals surface area contributed by atoms with Crippen molar-refractivity contribution in [3.05, 3.63) is 65.7 Å². The normalized spacial score (nSPS) is 11.4. The number of hydrogen-bond acceptors (Lipinski definition) is 2. The van der Waals surface area contributed by atoms with Gasteiger partial charge in [0, 0.05) is 6.54 Å². The Balaban J connectivity index is 1.96. The van der Waals surface area contributed by atoms with Crippen LogP contribution in [0.5, 0.6) is 0 Å². The van der Waals surface area contributed by atoms with E-state index in [0.717, 1.165) is 5.56 Å². The summed E-state index contributed by atoms with van der Waals surface area (Å²) in [5, 5.41) is 0. The Morgan fingerprint density at radius 1 is 1.00 bits per heavy atom. The summed E-state index contributed by atoms with van der Waals surface area (Å²) in [5.41, 5.74) is 2.32. The second-order valence-corrected chi connectivity index (χ2v) is 6.22. The van der Waals surface area contributed by atoms with Gasteiger partial charge in [-0.2, -0.15) is 0 Å². The van der Waals surface area contributed by atoms with Gasteiger partial charge < -0.3 is 0 Å². The van der Waals surface area contributed by atoms with Gasteiger partial charge >= 0.3 is 0 Å². The van der Waals surface area contributed by atoms with E-state index in [1.165, 1.54) is 5.56 Å². The predicted octanol–water partition coefficient (Wildman–Crippen LogP) is 2.52. The topological polar surface area (TPSA) is 46.2 Å². The van der Waals surface area contributed by atoms with Crippen LogP contribution >= 0.6 is 0 Å². The van der Waals surface area contributed by atoms with Gasteiger partial charge in [-0.1, -0.05) is 48.0 Å². The maximum absolute atomic E-state index is 12.0. The first-order valence-corrected chi connectivity index (χ1v) is 7.66. The lowest BCUT2D eigenvalue weighted by atomic mass is 10.1. The van der Waals surface area contributed by atoms with Crippen LogP contribution in [0, 0.1) is 6.92 Å². The van der Waals surface area contributed by atoms with Crippen molar-refractivity contribution < 1.29 is 8.42 Å². The molecule has 0 heterocycles. The van der Waals surface area contributed by atoms with Crippen molar-refractivity contribution in [1.82, 2.24) is 4.72 Å². The second-order valence-electron chi connectivity index (χ2n) is 4.45. The molecule has 2 aromatic carbocycles. The van der Waals surface area contributed by atoms with Gasteiger partial charge in [-0.3, -0.25) is 0 Å². The number of hydrogen-bond donors (Lipinski definition) is 1. The van der Waals surface area contributed by atoms with Crippen LogP contribution < -0.4 is 4.72 Å². The first-order valence-electron chi connectivity index (χ1n) is 6.18. The molecule has 0 aromatic heterocycles. The van der Waals surface area contributed by atoms with Crippen LogP contribution in [0.15, 0.2) is 59.5 Å². The Kier molecular flexibility index (Phi) is 4.35. The van der Waals surface area contributed by atoms with E-state index in [2.05, 4.69) is 10.8 Å². The van der Waals surface area contributed by atoms with Crippen molar-refractivity contribution in [3.8, 4) is 0 Å². The van der Waals surface area contributed by atoms with Crippen LogP contribution in [0.25, 0.3) is 0 Å². The van der Waals surface area contributed by atoms with Gasteiger partial charge in [-0.05, 0) is 31.0 Å². The van der Waals surface area contributed by atoms with Crippen molar-refractivity contribution in [2.75, 3.05) is 6.54 Å². The maximum atomic E-state index is 12.0. The molecule has 3 nitrogen and oxygen atoms in total. The molecule has 4 heteroatoms. The quantitative estimate of drug-likeness (QED) is 0.911. The average molecular weight is 275 g/mol. The Bertz CT molecular complexity index is 636. The lowest BCUT2D eigenvalue weighted by Crippen LogP contribution is -2.25. The molecule has 0 saturated carbocycles. The first kappa shape index (κ1) is 13.8. The molecule has 0 aliphatic rings. The van der Waals surface area contributed by atoms with Crippen LogP contribution in [0.2, 0.25) is 0 Å². The molecule has 1 N–H and O–H groups in total. The molecule has 0 fully saturated rings. The molecule has 0 amide bonds. The molecular weight excluding hydrogens is 258 g/mol. The van der Waals surface area contributed by atoms with Crippen LogP contribution in [0.3, 0.4) is 0 Å². The molecule has 0 unspecified atom stereocenters. The van der Waals surface area contributed by atoms with Crippen molar-refractivity contribution >= 4 is 10.0 Å². The van der Waals surface area contributed by atoms with Crippen LogP contribution in [0.1, 0.15) is 11.1 Å². The summed E-state index contributed by atoms with van der Waals surface area (Å²) in [6.45, 7) is 2.43. The van der Waals surface area contributed by atoms with Crippen molar-refractivity contribution in [3.63, 3.8) is 0 Å². The molecule has 2 rings (SSSR count). The van der Waals surface area contributed by atoms with Crippen molar-refractivity contribution in [2.24, 2.45) is 0 Å². The fourth-order valence-electron chi connectivity index (χ4n) is 1.88. The highest BCUT2D eigenvalue weighted by Crippen LogP contribution is 2.08. The summed E-state index contributed by atoms with van der Waals surface area (Å²) in [6.07, 6.45) is 0.688. The molecule has 0 saturated heterocycles. The fraction of sp³-hybridized carbons (Fsp3) is 0.200. The fourth-order valence-corrected chi connectivity index (χ4v) is 2.93. The van der Waals surface area contributed by atoms with Crippen molar-refractivity contribution in [1.29, 1.82) is 0 Å². The maximum Gasteiger partial charge on any atom is 0.240 e. The molecular formula is C15H17NO2S. The van der Waals surface area contributed by atoms with E-state index in [0.29, 0.717) is 17.9 Å². The summed E-state index contributed by atoms with van der Waals surface area (Å²) in [4.78, 5) is 0.305. The minimum Gasteiger partial charge on any atom is -0.211 e. The Morgan fingerprint density at radius 2 is 1.74 bits per heavy atom. The van der Waals surface area contributed by atoms with Crippen LogP contribution in [0.4, 0.5) is 0 Å². The molecule has 100 valence electrons. The highest BCUT2D eigenvalue weighted by molar-refractivity contribution is 7.89. The van der Waals surface area contributed by atoms with Gasteiger partial charge in [0.2, 0.25) is 10.0 Å². The van der Waals surface area contributed by atoms with Gasteiger partial charge in [-0.15, -0.1) is 0 Å². The standard InChI is InChI=1S/C15H17NO2S/c1-13-6-5-7-14(12-13)10-11-16-19(17,18)15-8-3-2-4-9-15/h2-9,12,16H,10-11H2,1H3. The third-order valence-corrected chi connectivity index (χ3v) is 4.32. The Hall–Kier alpha value is -1.65. The van der Waals surface area contributed by atoms with Crippen LogP contribution in [-0.2, 0) is 16.4 Å². The van der Waals surface area contributed by atoms with Gasteiger partial charge in [0.1, 0.15) is 0 Å². The number of sulfonamides is 1. The third-order valence-electron chi connectivity index (χ3n) is 2.84. The summed E-state index contributed by atoms with van der Waals surface area (Å²) in [7, 11) is -3.39. The molecule has 0 aliphatic heterocycles. The van der Waals surface area contributed by atoms with E-state index >= 15 is 0 Å². The second kappa shape index (κ2) is 5.99. The average Bonchev–Trinajstić information content (AvgIpc) is 2.40. The van der Waals surface area contributed by atoms with Crippen LogP contribution in [-0.4, -0.2) is 15.0 Å². The third kappa shape index (κ3) is 3.91. The SMILES string of the molecule is Cc1cccc(CCNS(=O)(=O)c2ccccc2)c1. The molecule has 19 heavy (non-hydrogen) atoms. The summed E-state index contributed by atoms with van der Waals surface area (Å²) >= 11 is 0. The lowest BCUT2D eigenvalue weighted by Gasteiger charge is -2.07. The summed E-state index contributed by atoms with van der Waals surface area (Å²) in [5.74, 6) is 0. The predicted molar refractivity (Wildman–Crippen MR) is 76.5 cm³/mol. The van der Waals surface area contributed by atoms with E-state index in [1.807, 2.05) is 25.1 Å². The molecule has 2 aromatic rings. The number of benzene rings is 2. The van der Waals surface area contributed by atoms with Gasteiger partial charge in [0.25, 0.3) is 0 Å².